The topological polar surface area (TPSA) is 55.3 Å². The van der Waals surface area contributed by atoms with E-state index in [9.17, 15) is 0 Å². The van der Waals surface area contributed by atoms with Gasteiger partial charge in [0, 0.05) is 23.4 Å². The fourth-order valence-corrected chi connectivity index (χ4v) is 5.02. The van der Waals surface area contributed by atoms with Crippen LogP contribution in [0.15, 0.2) is 27.2 Å². The number of hydrogen-bond donors (Lipinski definition) is 0. The lowest BCUT2D eigenvalue weighted by molar-refractivity contribution is 0.235. The molecular weight excluding hydrogens is 334 g/mol. The van der Waals surface area contributed by atoms with E-state index in [0.717, 1.165) is 36.6 Å². The van der Waals surface area contributed by atoms with Gasteiger partial charge in [-0.25, -0.2) is 0 Å². The van der Waals surface area contributed by atoms with Crippen LogP contribution in [0, 0.1) is 0 Å². The predicted molar refractivity (Wildman–Crippen MR) is 95.4 cm³/mol. The van der Waals surface area contributed by atoms with Crippen LogP contribution in [0.2, 0.25) is 0 Å². The molecule has 0 N–H and O–H groups in total. The maximum atomic E-state index is 5.98. The number of fused-ring (bicyclic) bond motifs is 2. The molecule has 0 amide bonds. The lowest BCUT2D eigenvalue weighted by atomic mass is 9.99. The van der Waals surface area contributed by atoms with E-state index in [1.54, 1.807) is 6.26 Å². The SMILES string of the molecule is c1cc2c(o1)CCCN(Cc1nnc(-c3cc4c(s3)CCCC4)o1)C2. The summed E-state index contributed by atoms with van der Waals surface area (Å²) in [5, 5.41) is 8.59. The quantitative estimate of drug-likeness (QED) is 0.704. The molecule has 1 aliphatic heterocycles. The van der Waals surface area contributed by atoms with Crippen LogP contribution in [0.25, 0.3) is 10.8 Å². The third kappa shape index (κ3) is 3.04. The highest BCUT2D eigenvalue weighted by atomic mass is 32.1. The molecule has 0 saturated carbocycles. The number of rotatable bonds is 3. The first-order chi connectivity index (χ1) is 12.3. The van der Waals surface area contributed by atoms with Crippen molar-refractivity contribution >= 4 is 11.3 Å². The van der Waals surface area contributed by atoms with Gasteiger partial charge >= 0.3 is 0 Å². The van der Waals surface area contributed by atoms with E-state index in [1.165, 1.54) is 41.7 Å². The molecule has 0 spiro atoms. The zero-order chi connectivity index (χ0) is 16.6. The monoisotopic (exact) mass is 355 g/mol. The second kappa shape index (κ2) is 6.42. The Bertz CT molecular complexity index is 856. The second-order valence-electron chi connectivity index (χ2n) is 6.95. The highest BCUT2D eigenvalue weighted by Crippen LogP contribution is 2.35. The molecule has 3 aromatic rings. The van der Waals surface area contributed by atoms with Crippen molar-refractivity contribution in [2.45, 2.75) is 51.6 Å². The summed E-state index contributed by atoms with van der Waals surface area (Å²) in [7, 11) is 0. The van der Waals surface area contributed by atoms with Crippen LogP contribution in [-0.2, 0) is 32.4 Å². The van der Waals surface area contributed by atoms with Crippen LogP contribution in [0.3, 0.4) is 0 Å². The minimum Gasteiger partial charge on any atom is -0.469 e. The van der Waals surface area contributed by atoms with Crippen molar-refractivity contribution in [2.75, 3.05) is 6.54 Å². The van der Waals surface area contributed by atoms with E-state index in [4.69, 9.17) is 8.83 Å². The van der Waals surface area contributed by atoms with Crippen molar-refractivity contribution in [1.82, 2.24) is 15.1 Å². The number of hydrogen-bond acceptors (Lipinski definition) is 6. The summed E-state index contributed by atoms with van der Waals surface area (Å²) in [6.45, 7) is 2.61. The molecule has 3 aromatic heterocycles. The predicted octanol–water partition coefficient (Wildman–Crippen LogP) is 4.22. The van der Waals surface area contributed by atoms with E-state index in [2.05, 4.69) is 27.2 Å². The molecule has 0 aromatic carbocycles. The van der Waals surface area contributed by atoms with E-state index in [-0.39, 0.29) is 0 Å². The van der Waals surface area contributed by atoms with Crippen molar-refractivity contribution in [3.05, 3.63) is 46.1 Å². The average molecular weight is 355 g/mol. The van der Waals surface area contributed by atoms with Gasteiger partial charge in [-0.1, -0.05) is 0 Å². The Morgan fingerprint density at radius 3 is 3.00 bits per heavy atom. The van der Waals surface area contributed by atoms with Gasteiger partial charge in [-0.3, -0.25) is 4.90 Å². The lowest BCUT2D eigenvalue weighted by Crippen LogP contribution is -2.22. The zero-order valence-corrected chi connectivity index (χ0v) is 15.0. The molecule has 6 heteroatoms. The molecule has 25 heavy (non-hydrogen) atoms. The van der Waals surface area contributed by atoms with Gasteiger partial charge in [0.2, 0.25) is 5.89 Å². The Labute approximate surface area is 150 Å². The first-order valence-electron chi connectivity index (χ1n) is 9.07. The zero-order valence-electron chi connectivity index (χ0n) is 14.2. The fraction of sp³-hybridized carbons (Fsp3) is 0.474. The molecule has 5 rings (SSSR count). The van der Waals surface area contributed by atoms with Crippen LogP contribution >= 0.6 is 11.3 Å². The summed E-state index contributed by atoms with van der Waals surface area (Å²) >= 11 is 1.82. The highest BCUT2D eigenvalue weighted by Gasteiger charge is 2.21. The van der Waals surface area contributed by atoms with E-state index >= 15 is 0 Å². The largest absolute Gasteiger partial charge is 0.469 e. The second-order valence-corrected chi connectivity index (χ2v) is 8.09. The first kappa shape index (κ1) is 15.3. The van der Waals surface area contributed by atoms with Gasteiger partial charge in [0.25, 0.3) is 5.89 Å². The third-order valence-corrected chi connectivity index (χ3v) is 6.37. The fourth-order valence-electron chi connectivity index (χ4n) is 3.85. The average Bonchev–Trinajstić information content (AvgIpc) is 3.32. The Kier molecular flexibility index (Phi) is 3.94. The normalized spacial score (nSPS) is 17.9. The van der Waals surface area contributed by atoms with Gasteiger partial charge in [0.15, 0.2) is 0 Å². The molecule has 2 aliphatic rings. The summed E-state index contributed by atoms with van der Waals surface area (Å²) in [5.41, 5.74) is 2.76. The van der Waals surface area contributed by atoms with Crippen molar-refractivity contribution < 1.29 is 8.83 Å². The molecule has 0 atom stereocenters. The summed E-state index contributed by atoms with van der Waals surface area (Å²) < 4.78 is 11.5. The number of aryl methyl sites for hydroxylation is 3. The molecule has 0 unspecified atom stereocenters. The summed E-state index contributed by atoms with van der Waals surface area (Å²) in [6, 6.07) is 4.32. The van der Waals surface area contributed by atoms with Crippen LogP contribution in [0.4, 0.5) is 0 Å². The standard InChI is InChI=1S/C19H21N3O2S/c1-2-6-16-13(4-1)10-17(25-16)19-21-20-18(24-19)12-22-8-3-5-15-14(11-22)7-9-23-15/h7,9-10H,1-6,8,11-12H2. The molecule has 0 fully saturated rings. The van der Waals surface area contributed by atoms with Gasteiger partial charge in [-0.05, 0) is 56.3 Å². The van der Waals surface area contributed by atoms with Crippen LogP contribution in [0.5, 0.6) is 0 Å². The Morgan fingerprint density at radius 2 is 2.04 bits per heavy atom. The molecule has 5 nitrogen and oxygen atoms in total. The van der Waals surface area contributed by atoms with Crippen LogP contribution in [-0.4, -0.2) is 21.6 Å². The maximum Gasteiger partial charge on any atom is 0.257 e. The van der Waals surface area contributed by atoms with Gasteiger partial charge < -0.3 is 8.83 Å². The minimum absolute atomic E-state index is 0.674. The van der Waals surface area contributed by atoms with Crippen molar-refractivity contribution in [3.63, 3.8) is 0 Å². The molecule has 0 saturated heterocycles. The lowest BCUT2D eigenvalue weighted by Gasteiger charge is -2.17. The van der Waals surface area contributed by atoms with Crippen molar-refractivity contribution in [3.8, 4) is 10.8 Å². The molecule has 1 aliphatic carbocycles. The van der Waals surface area contributed by atoms with Gasteiger partial charge in [-0.15, -0.1) is 21.5 Å². The van der Waals surface area contributed by atoms with E-state index in [1.807, 2.05) is 11.3 Å². The number of furan rings is 1. The van der Waals surface area contributed by atoms with Crippen LogP contribution in [0.1, 0.15) is 46.9 Å². The molecule has 0 radical (unpaired) electrons. The molecule has 130 valence electrons. The Balaban J connectivity index is 1.32. The first-order valence-corrected chi connectivity index (χ1v) is 9.89. The van der Waals surface area contributed by atoms with E-state index < -0.39 is 0 Å². The van der Waals surface area contributed by atoms with Gasteiger partial charge in [0.1, 0.15) is 5.76 Å². The van der Waals surface area contributed by atoms with Crippen molar-refractivity contribution in [2.24, 2.45) is 0 Å². The number of nitrogens with zero attached hydrogens (tertiary/aromatic N) is 3. The molecule has 0 bridgehead atoms. The number of aromatic nitrogens is 2. The highest BCUT2D eigenvalue weighted by molar-refractivity contribution is 7.15. The van der Waals surface area contributed by atoms with E-state index in [0.29, 0.717) is 18.3 Å². The maximum absolute atomic E-state index is 5.98. The minimum atomic E-state index is 0.674. The number of thiophene rings is 1. The smallest absolute Gasteiger partial charge is 0.257 e. The summed E-state index contributed by atoms with van der Waals surface area (Å²) in [4.78, 5) is 4.98. The third-order valence-electron chi connectivity index (χ3n) is 5.14. The Morgan fingerprint density at radius 1 is 1.08 bits per heavy atom. The molecule has 4 heterocycles. The van der Waals surface area contributed by atoms with Crippen LogP contribution < -0.4 is 0 Å². The van der Waals surface area contributed by atoms with Gasteiger partial charge in [-0.2, -0.15) is 0 Å². The van der Waals surface area contributed by atoms with Gasteiger partial charge in [0.05, 0.1) is 17.7 Å². The summed E-state index contributed by atoms with van der Waals surface area (Å²) in [6.07, 6.45) is 8.87. The van der Waals surface area contributed by atoms with Crippen molar-refractivity contribution in [1.29, 1.82) is 0 Å². The summed E-state index contributed by atoms with van der Waals surface area (Å²) in [5.74, 6) is 2.50. The molecular formula is C19H21N3O2S. The Hall–Kier alpha value is -1.92.